The molecule has 1 amide bonds. The summed E-state index contributed by atoms with van der Waals surface area (Å²) in [6.07, 6.45) is 1.43. The molecular weight excluding hydrogens is 412 g/mol. The van der Waals surface area contributed by atoms with Gasteiger partial charge in [0, 0.05) is 13.1 Å². The molecule has 7 heteroatoms. The second-order valence-corrected chi connectivity index (χ2v) is 11.1. The normalized spacial score (nSPS) is 16.3. The molecule has 1 heterocycles. The number of sulfonamides is 1. The minimum Gasteiger partial charge on any atom is -0.494 e. The first-order chi connectivity index (χ1) is 14.6. The van der Waals surface area contributed by atoms with Crippen molar-refractivity contribution in [1.29, 1.82) is 0 Å². The van der Waals surface area contributed by atoms with Crippen LogP contribution in [0.15, 0.2) is 42.5 Å². The molecule has 0 atom stereocenters. The van der Waals surface area contributed by atoms with E-state index >= 15 is 0 Å². The number of hydrogen-bond acceptors (Lipinski definition) is 4. The Morgan fingerprint density at radius 3 is 2.42 bits per heavy atom. The van der Waals surface area contributed by atoms with Crippen LogP contribution >= 0.6 is 0 Å². The Morgan fingerprint density at radius 1 is 1.16 bits per heavy atom. The second-order valence-electron chi connectivity index (χ2n) is 8.59. The van der Waals surface area contributed by atoms with Crippen LogP contribution in [0.2, 0.25) is 0 Å². The average Bonchev–Trinajstić information content (AvgIpc) is 2.74. The van der Waals surface area contributed by atoms with Crippen molar-refractivity contribution >= 4 is 15.9 Å². The largest absolute Gasteiger partial charge is 0.494 e. The molecule has 0 radical (unpaired) electrons. The first-order valence-corrected chi connectivity index (χ1v) is 12.1. The van der Waals surface area contributed by atoms with Crippen LogP contribution in [0.1, 0.15) is 50.7 Å². The van der Waals surface area contributed by atoms with E-state index in [1.165, 1.54) is 29.3 Å². The lowest BCUT2D eigenvalue weighted by atomic mass is 9.87. The Hall–Kier alpha value is -2.38. The molecule has 1 saturated heterocycles. The predicted molar refractivity (Wildman–Crippen MR) is 124 cm³/mol. The molecule has 2 aromatic carbocycles. The number of aryl methyl sites for hydroxylation is 1. The minimum atomic E-state index is -3.78. The van der Waals surface area contributed by atoms with Crippen molar-refractivity contribution in [1.82, 2.24) is 4.31 Å². The zero-order valence-electron chi connectivity index (χ0n) is 18.7. The maximum absolute atomic E-state index is 12.8. The third-order valence-corrected chi connectivity index (χ3v) is 8.75. The van der Waals surface area contributed by atoms with Crippen LogP contribution in [0, 0.1) is 6.92 Å². The van der Waals surface area contributed by atoms with Crippen molar-refractivity contribution in [2.45, 2.75) is 51.2 Å². The van der Waals surface area contributed by atoms with Gasteiger partial charge in [-0.15, -0.1) is 0 Å². The molecule has 0 unspecified atom stereocenters. The van der Waals surface area contributed by atoms with Gasteiger partial charge in [-0.25, -0.2) is 12.7 Å². The summed E-state index contributed by atoms with van der Waals surface area (Å²) in [7, 11) is -3.78. The summed E-state index contributed by atoms with van der Waals surface area (Å²) in [5.41, 5.74) is 10.0. The van der Waals surface area contributed by atoms with E-state index < -0.39 is 20.7 Å². The van der Waals surface area contributed by atoms with E-state index in [0.717, 1.165) is 16.9 Å². The van der Waals surface area contributed by atoms with Crippen LogP contribution in [-0.4, -0.2) is 43.1 Å². The lowest BCUT2D eigenvalue weighted by Gasteiger charge is -2.35. The van der Waals surface area contributed by atoms with Crippen LogP contribution in [0.5, 0.6) is 5.75 Å². The van der Waals surface area contributed by atoms with Gasteiger partial charge < -0.3 is 10.5 Å². The van der Waals surface area contributed by atoms with Gasteiger partial charge in [-0.3, -0.25) is 4.79 Å². The summed E-state index contributed by atoms with van der Waals surface area (Å²) in [6.45, 7) is 8.23. The zero-order valence-corrected chi connectivity index (χ0v) is 19.5. The third-order valence-electron chi connectivity index (χ3n) is 6.21. The van der Waals surface area contributed by atoms with Crippen molar-refractivity contribution in [2.24, 2.45) is 5.73 Å². The summed E-state index contributed by atoms with van der Waals surface area (Å²) in [6, 6.07) is 14.6. The molecule has 3 rings (SSSR count). The topological polar surface area (TPSA) is 89.7 Å². The van der Waals surface area contributed by atoms with E-state index in [4.69, 9.17) is 10.5 Å². The van der Waals surface area contributed by atoms with E-state index in [-0.39, 0.29) is 5.92 Å². The molecule has 0 aromatic heterocycles. The Kier molecular flexibility index (Phi) is 6.76. The zero-order chi connectivity index (χ0) is 22.8. The molecule has 1 aliphatic rings. The van der Waals surface area contributed by atoms with Crippen LogP contribution in [-0.2, 0) is 14.8 Å². The van der Waals surface area contributed by atoms with Crippen molar-refractivity contribution in [3.63, 3.8) is 0 Å². The fourth-order valence-electron chi connectivity index (χ4n) is 4.06. The molecule has 168 valence electrons. The highest BCUT2D eigenvalue weighted by molar-refractivity contribution is 7.91. The molecule has 0 saturated carbocycles. The molecular formula is C24H32N2O4S. The number of ether oxygens (including phenoxy) is 1. The van der Waals surface area contributed by atoms with Crippen LogP contribution < -0.4 is 10.5 Å². The van der Waals surface area contributed by atoms with Gasteiger partial charge in [-0.2, -0.15) is 0 Å². The van der Waals surface area contributed by atoms with Crippen molar-refractivity contribution in [2.75, 3.05) is 19.7 Å². The van der Waals surface area contributed by atoms with Crippen molar-refractivity contribution in [3.05, 3.63) is 53.6 Å². The van der Waals surface area contributed by atoms with E-state index in [2.05, 4.69) is 37.3 Å². The fraction of sp³-hybridized carbons (Fsp3) is 0.458. The molecule has 2 N–H and O–H groups in total. The third kappa shape index (κ3) is 4.62. The van der Waals surface area contributed by atoms with E-state index in [9.17, 15) is 13.2 Å². The number of nitrogens with zero attached hydrogens (tertiary/aromatic N) is 1. The average molecular weight is 445 g/mol. The number of benzene rings is 2. The molecule has 0 bridgehead atoms. The van der Waals surface area contributed by atoms with Crippen molar-refractivity contribution < 1.29 is 17.9 Å². The van der Waals surface area contributed by atoms with Gasteiger partial charge in [-0.1, -0.05) is 30.3 Å². The highest BCUT2D eigenvalue weighted by atomic mass is 32.2. The first-order valence-electron chi connectivity index (χ1n) is 10.7. The van der Waals surface area contributed by atoms with Gasteiger partial charge in [0.05, 0.1) is 6.61 Å². The first kappa shape index (κ1) is 23.3. The molecule has 2 aromatic rings. The lowest BCUT2D eigenvalue weighted by molar-refractivity contribution is -0.119. The summed E-state index contributed by atoms with van der Waals surface area (Å²) in [5.74, 6) is 0.316. The SMILES string of the molecule is CCOc1cccc(-c2ccc(C3CCN(S(=O)(=O)C(C)(C)C(N)=O)CC3)cc2C)c1. The number of primary amides is 1. The smallest absolute Gasteiger partial charge is 0.239 e. The van der Waals surface area contributed by atoms with Gasteiger partial charge in [0.1, 0.15) is 5.75 Å². The predicted octanol–water partition coefficient (Wildman–Crippen LogP) is 3.83. The molecule has 1 aliphatic heterocycles. The Morgan fingerprint density at radius 2 is 1.84 bits per heavy atom. The number of carbonyl (C=O) groups is 1. The molecule has 6 nitrogen and oxygen atoms in total. The standard InChI is InChI=1S/C24H32N2O4S/c1-5-30-21-8-6-7-20(16-21)22-10-9-19(15-17(22)2)18-11-13-26(14-12-18)31(28,29)24(3,4)23(25)27/h6-10,15-16,18H,5,11-14H2,1-4H3,(H2,25,27). The number of amides is 1. The summed E-state index contributed by atoms with van der Waals surface area (Å²) in [5, 5.41) is 0. The summed E-state index contributed by atoms with van der Waals surface area (Å²) < 4.78 is 31.1. The Bertz CT molecular complexity index is 1050. The van der Waals surface area contributed by atoms with Crippen LogP contribution in [0.4, 0.5) is 0 Å². The lowest BCUT2D eigenvalue weighted by Crippen LogP contribution is -2.53. The highest BCUT2D eigenvalue weighted by Crippen LogP contribution is 2.35. The fourth-order valence-corrected chi connectivity index (χ4v) is 5.66. The second kappa shape index (κ2) is 9.01. The number of nitrogens with two attached hydrogens (primary N) is 1. The van der Waals surface area contributed by atoms with Gasteiger partial charge in [0.2, 0.25) is 15.9 Å². The van der Waals surface area contributed by atoms with Crippen molar-refractivity contribution in [3.8, 4) is 16.9 Å². The highest BCUT2D eigenvalue weighted by Gasteiger charge is 2.45. The maximum Gasteiger partial charge on any atom is 0.239 e. The quantitative estimate of drug-likeness (QED) is 0.703. The minimum absolute atomic E-state index is 0.283. The van der Waals surface area contributed by atoms with Crippen LogP contribution in [0.3, 0.4) is 0 Å². The molecule has 1 fully saturated rings. The van der Waals surface area contributed by atoms with Gasteiger partial charge in [0.15, 0.2) is 4.75 Å². The number of rotatable bonds is 7. The molecule has 31 heavy (non-hydrogen) atoms. The monoisotopic (exact) mass is 444 g/mol. The summed E-state index contributed by atoms with van der Waals surface area (Å²) in [4.78, 5) is 11.6. The van der Waals surface area contributed by atoms with Gasteiger partial charge in [-0.05, 0) is 80.8 Å². The molecule has 0 aliphatic carbocycles. The summed E-state index contributed by atoms with van der Waals surface area (Å²) >= 11 is 0. The van der Waals surface area contributed by atoms with E-state index in [1.54, 1.807) is 0 Å². The van der Waals surface area contributed by atoms with Crippen LogP contribution in [0.25, 0.3) is 11.1 Å². The Balaban J connectivity index is 1.74. The Labute approximate surface area is 185 Å². The molecule has 0 spiro atoms. The van der Waals surface area contributed by atoms with Gasteiger partial charge >= 0.3 is 0 Å². The number of hydrogen-bond donors (Lipinski definition) is 1. The van der Waals surface area contributed by atoms with Gasteiger partial charge in [0.25, 0.3) is 0 Å². The van der Waals surface area contributed by atoms with E-state index in [0.29, 0.717) is 32.5 Å². The number of piperidine rings is 1. The van der Waals surface area contributed by atoms with E-state index in [1.807, 2.05) is 19.1 Å². The maximum atomic E-state index is 12.8. The number of carbonyl (C=O) groups excluding carboxylic acids is 1.